The van der Waals surface area contributed by atoms with Crippen LogP contribution in [0.15, 0.2) is 24.3 Å². The van der Waals surface area contributed by atoms with Crippen LogP contribution in [0, 0.1) is 6.92 Å². The van der Waals surface area contributed by atoms with Gasteiger partial charge in [0.05, 0.1) is 6.10 Å². The van der Waals surface area contributed by atoms with Gasteiger partial charge in [-0.3, -0.25) is 4.79 Å². The highest BCUT2D eigenvalue weighted by Crippen LogP contribution is 2.06. The van der Waals surface area contributed by atoms with Crippen LogP contribution >= 0.6 is 0 Å². The van der Waals surface area contributed by atoms with Crippen LogP contribution in [-0.2, 0) is 11.2 Å². The second-order valence-electron chi connectivity index (χ2n) is 4.47. The molecule has 1 atom stereocenters. The molecular weight excluding hydrogens is 230 g/mol. The first kappa shape index (κ1) is 14.7. The Morgan fingerprint density at radius 3 is 2.78 bits per heavy atom. The van der Waals surface area contributed by atoms with Crippen LogP contribution in [0.25, 0.3) is 0 Å². The van der Waals surface area contributed by atoms with Gasteiger partial charge < -0.3 is 15.5 Å². The maximum absolute atomic E-state index is 10.3. The van der Waals surface area contributed by atoms with Gasteiger partial charge in [0.1, 0.15) is 0 Å². The molecule has 0 heterocycles. The molecule has 1 aromatic rings. The van der Waals surface area contributed by atoms with Gasteiger partial charge in [0.15, 0.2) is 0 Å². The SMILES string of the molecule is Cc1ccccc1CCNCC(O)CCC(=O)O. The normalized spacial score (nSPS) is 12.3. The zero-order valence-electron chi connectivity index (χ0n) is 10.7. The van der Waals surface area contributed by atoms with E-state index in [-0.39, 0.29) is 6.42 Å². The molecular formula is C14H21NO3. The van der Waals surface area contributed by atoms with Crippen LogP contribution in [-0.4, -0.2) is 35.4 Å². The third-order valence-corrected chi connectivity index (χ3v) is 2.90. The van der Waals surface area contributed by atoms with Crippen molar-refractivity contribution >= 4 is 5.97 Å². The van der Waals surface area contributed by atoms with Gasteiger partial charge in [-0.05, 0) is 37.4 Å². The number of aliphatic carboxylic acids is 1. The van der Waals surface area contributed by atoms with Crippen LogP contribution in [0.2, 0.25) is 0 Å². The molecule has 3 N–H and O–H groups in total. The number of benzene rings is 1. The lowest BCUT2D eigenvalue weighted by Gasteiger charge is -2.11. The van der Waals surface area contributed by atoms with Crippen LogP contribution in [0.5, 0.6) is 0 Å². The van der Waals surface area contributed by atoms with E-state index in [1.165, 1.54) is 11.1 Å². The third kappa shape index (κ3) is 5.80. The molecule has 0 saturated carbocycles. The number of hydrogen-bond donors (Lipinski definition) is 3. The predicted octanol–water partition coefficient (Wildman–Crippen LogP) is 1.35. The lowest BCUT2D eigenvalue weighted by molar-refractivity contribution is -0.137. The zero-order chi connectivity index (χ0) is 13.4. The minimum absolute atomic E-state index is 0.0145. The van der Waals surface area contributed by atoms with Gasteiger partial charge in [-0.2, -0.15) is 0 Å². The minimum atomic E-state index is -0.867. The number of carboxylic acids is 1. The van der Waals surface area contributed by atoms with Crippen molar-refractivity contribution in [1.82, 2.24) is 5.32 Å². The minimum Gasteiger partial charge on any atom is -0.481 e. The average Bonchev–Trinajstić information content (AvgIpc) is 2.34. The Kier molecular flexibility index (Phi) is 6.39. The first-order valence-corrected chi connectivity index (χ1v) is 6.24. The molecule has 1 unspecified atom stereocenters. The van der Waals surface area contributed by atoms with E-state index in [9.17, 15) is 9.90 Å². The van der Waals surface area contributed by atoms with Crippen molar-refractivity contribution in [2.75, 3.05) is 13.1 Å². The Morgan fingerprint density at radius 1 is 1.39 bits per heavy atom. The van der Waals surface area contributed by atoms with Crippen molar-refractivity contribution in [3.05, 3.63) is 35.4 Å². The first-order valence-electron chi connectivity index (χ1n) is 6.24. The molecule has 100 valence electrons. The smallest absolute Gasteiger partial charge is 0.303 e. The predicted molar refractivity (Wildman–Crippen MR) is 70.6 cm³/mol. The van der Waals surface area contributed by atoms with Crippen molar-refractivity contribution in [1.29, 1.82) is 0 Å². The number of rotatable bonds is 8. The number of aliphatic hydroxyl groups excluding tert-OH is 1. The molecule has 4 nitrogen and oxygen atoms in total. The molecule has 0 fully saturated rings. The second kappa shape index (κ2) is 7.84. The van der Waals surface area contributed by atoms with Crippen LogP contribution in [0.3, 0.4) is 0 Å². The molecule has 1 aromatic carbocycles. The van der Waals surface area contributed by atoms with Crippen LogP contribution in [0.4, 0.5) is 0 Å². The standard InChI is InChI=1S/C14H21NO3/c1-11-4-2-3-5-12(11)8-9-15-10-13(16)6-7-14(17)18/h2-5,13,15-16H,6-10H2,1H3,(H,17,18). The maximum Gasteiger partial charge on any atom is 0.303 e. The summed E-state index contributed by atoms with van der Waals surface area (Å²) in [5.74, 6) is -0.867. The molecule has 0 amide bonds. The Morgan fingerprint density at radius 2 is 2.11 bits per heavy atom. The quantitative estimate of drug-likeness (QED) is 0.610. The highest BCUT2D eigenvalue weighted by Gasteiger charge is 2.06. The fraction of sp³-hybridized carbons (Fsp3) is 0.500. The number of carboxylic acid groups (broad SMARTS) is 1. The summed E-state index contributed by atoms with van der Waals surface area (Å²) in [5, 5.41) is 21.1. The molecule has 0 aliphatic rings. The Labute approximate surface area is 108 Å². The van der Waals surface area contributed by atoms with E-state index in [0.29, 0.717) is 13.0 Å². The van der Waals surface area contributed by atoms with E-state index in [1.54, 1.807) is 0 Å². The molecule has 1 rings (SSSR count). The molecule has 0 aliphatic heterocycles. The molecule has 0 spiro atoms. The van der Waals surface area contributed by atoms with Gasteiger partial charge in [0.25, 0.3) is 0 Å². The molecule has 0 aliphatic carbocycles. The topological polar surface area (TPSA) is 69.6 Å². The van der Waals surface area contributed by atoms with Gasteiger partial charge in [-0.1, -0.05) is 24.3 Å². The fourth-order valence-corrected chi connectivity index (χ4v) is 1.77. The molecule has 0 bridgehead atoms. The zero-order valence-corrected chi connectivity index (χ0v) is 10.7. The van der Waals surface area contributed by atoms with Crippen LogP contribution in [0.1, 0.15) is 24.0 Å². The number of aryl methyl sites for hydroxylation is 1. The van der Waals surface area contributed by atoms with Crippen LogP contribution < -0.4 is 5.32 Å². The highest BCUT2D eigenvalue weighted by atomic mass is 16.4. The summed E-state index contributed by atoms with van der Waals surface area (Å²) >= 11 is 0. The lowest BCUT2D eigenvalue weighted by atomic mass is 10.1. The Bertz CT molecular complexity index is 379. The van der Waals surface area contributed by atoms with Gasteiger partial charge in [0, 0.05) is 13.0 Å². The van der Waals surface area contributed by atoms with Gasteiger partial charge in [0.2, 0.25) is 0 Å². The van der Waals surface area contributed by atoms with E-state index < -0.39 is 12.1 Å². The summed E-state index contributed by atoms with van der Waals surface area (Å²) < 4.78 is 0. The fourth-order valence-electron chi connectivity index (χ4n) is 1.77. The van der Waals surface area contributed by atoms with Crippen molar-refractivity contribution in [2.45, 2.75) is 32.3 Å². The monoisotopic (exact) mass is 251 g/mol. The van der Waals surface area contributed by atoms with E-state index in [2.05, 4.69) is 24.4 Å². The summed E-state index contributed by atoms with van der Waals surface area (Å²) in [4.78, 5) is 10.3. The van der Waals surface area contributed by atoms with Gasteiger partial charge in [-0.15, -0.1) is 0 Å². The van der Waals surface area contributed by atoms with Crippen molar-refractivity contribution < 1.29 is 15.0 Å². The number of aliphatic hydroxyl groups is 1. The summed E-state index contributed by atoms with van der Waals surface area (Å²) in [6, 6.07) is 8.21. The summed E-state index contributed by atoms with van der Waals surface area (Å²) in [7, 11) is 0. The number of hydrogen-bond acceptors (Lipinski definition) is 3. The molecule has 4 heteroatoms. The average molecular weight is 251 g/mol. The molecule has 0 saturated heterocycles. The largest absolute Gasteiger partial charge is 0.481 e. The van der Waals surface area contributed by atoms with E-state index in [1.807, 2.05) is 12.1 Å². The summed E-state index contributed by atoms with van der Waals surface area (Å²) in [5.41, 5.74) is 2.57. The van der Waals surface area contributed by atoms with E-state index >= 15 is 0 Å². The summed E-state index contributed by atoms with van der Waals surface area (Å²) in [6.45, 7) is 3.31. The van der Waals surface area contributed by atoms with Gasteiger partial charge in [-0.25, -0.2) is 0 Å². The summed E-state index contributed by atoms with van der Waals surface area (Å²) in [6.07, 6.45) is 0.643. The number of nitrogens with one attached hydrogen (secondary N) is 1. The molecule has 0 radical (unpaired) electrons. The Hall–Kier alpha value is -1.39. The van der Waals surface area contributed by atoms with Crippen molar-refractivity contribution in [3.8, 4) is 0 Å². The van der Waals surface area contributed by atoms with E-state index in [0.717, 1.165) is 13.0 Å². The van der Waals surface area contributed by atoms with E-state index in [4.69, 9.17) is 5.11 Å². The molecule has 18 heavy (non-hydrogen) atoms. The highest BCUT2D eigenvalue weighted by molar-refractivity contribution is 5.66. The van der Waals surface area contributed by atoms with Crippen molar-refractivity contribution in [3.63, 3.8) is 0 Å². The lowest BCUT2D eigenvalue weighted by Crippen LogP contribution is -2.29. The third-order valence-electron chi connectivity index (χ3n) is 2.90. The Balaban J connectivity index is 2.15. The van der Waals surface area contributed by atoms with Crippen molar-refractivity contribution in [2.24, 2.45) is 0 Å². The first-order chi connectivity index (χ1) is 8.59. The molecule has 0 aromatic heterocycles. The number of carbonyl (C=O) groups is 1. The van der Waals surface area contributed by atoms with Gasteiger partial charge >= 0.3 is 5.97 Å². The second-order valence-corrected chi connectivity index (χ2v) is 4.47. The maximum atomic E-state index is 10.3.